The Morgan fingerprint density at radius 1 is 1.21 bits per heavy atom. The maximum atomic E-state index is 12.9. The summed E-state index contributed by atoms with van der Waals surface area (Å²) < 4.78 is 67.7. The third-order valence-electron chi connectivity index (χ3n) is 4.18. The lowest BCUT2D eigenvalue weighted by Gasteiger charge is -2.16. The molecule has 1 aromatic carbocycles. The molecule has 0 radical (unpaired) electrons. The van der Waals surface area contributed by atoms with Crippen LogP contribution < -0.4 is 11.1 Å². The number of halogens is 3. The number of alkyl halides is 3. The molecule has 0 spiro atoms. The summed E-state index contributed by atoms with van der Waals surface area (Å²) in [6.45, 7) is 1.24. The summed E-state index contributed by atoms with van der Waals surface area (Å²) in [7, 11) is -4.21. The van der Waals surface area contributed by atoms with E-state index in [1.54, 1.807) is 4.90 Å². The average molecular weight is 413 g/mol. The minimum absolute atomic E-state index is 0.0484. The van der Waals surface area contributed by atoms with Crippen LogP contribution in [-0.2, 0) is 16.2 Å². The number of nitrogens with two attached hydrogens (primary N) is 1. The van der Waals surface area contributed by atoms with Crippen molar-refractivity contribution in [2.24, 2.45) is 10.1 Å². The fraction of sp³-hybridized carbons (Fsp3) is 0.294. The first-order valence-electron chi connectivity index (χ1n) is 8.40. The molecule has 3 rings (SSSR count). The molecule has 2 heterocycles. The Morgan fingerprint density at radius 2 is 1.93 bits per heavy atom. The lowest BCUT2D eigenvalue weighted by Crippen LogP contribution is -2.35. The summed E-state index contributed by atoms with van der Waals surface area (Å²) in [5.41, 5.74) is 5.08. The van der Waals surface area contributed by atoms with E-state index in [1.165, 1.54) is 24.4 Å². The number of hydrogen-bond donors (Lipinski definition) is 2. The second-order valence-corrected chi connectivity index (χ2v) is 7.77. The number of nitrogens with one attached hydrogen (secondary N) is 1. The smallest absolute Gasteiger partial charge is 0.369 e. The van der Waals surface area contributed by atoms with E-state index in [1.807, 2.05) is 0 Å². The van der Waals surface area contributed by atoms with E-state index >= 15 is 0 Å². The van der Waals surface area contributed by atoms with Gasteiger partial charge in [-0.25, -0.2) is 0 Å². The van der Waals surface area contributed by atoms with E-state index in [0.717, 1.165) is 31.2 Å². The number of guanidine groups is 1. The first-order chi connectivity index (χ1) is 13.2. The van der Waals surface area contributed by atoms with Gasteiger partial charge in [0.1, 0.15) is 4.90 Å². The zero-order valence-electron chi connectivity index (χ0n) is 14.6. The fourth-order valence-corrected chi connectivity index (χ4v) is 3.84. The highest BCUT2D eigenvalue weighted by Crippen LogP contribution is 2.32. The second-order valence-electron chi connectivity index (χ2n) is 6.19. The van der Waals surface area contributed by atoms with Crippen LogP contribution in [0.5, 0.6) is 0 Å². The van der Waals surface area contributed by atoms with Gasteiger partial charge in [-0.05, 0) is 37.1 Å². The second kappa shape index (κ2) is 7.66. The molecule has 2 aromatic rings. The number of aromatic nitrogens is 1. The van der Waals surface area contributed by atoms with Crippen molar-refractivity contribution in [1.82, 2.24) is 9.88 Å². The van der Waals surface area contributed by atoms with Crippen molar-refractivity contribution in [3.05, 3.63) is 48.3 Å². The first-order valence-corrected chi connectivity index (χ1v) is 9.84. The topological polar surface area (TPSA) is 101 Å². The number of sulfonamides is 1. The van der Waals surface area contributed by atoms with Gasteiger partial charge in [0.05, 0.1) is 11.3 Å². The van der Waals surface area contributed by atoms with Crippen molar-refractivity contribution in [3.8, 4) is 0 Å². The summed E-state index contributed by atoms with van der Waals surface area (Å²) in [5.74, 6) is -0.119. The van der Waals surface area contributed by atoms with Gasteiger partial charge in [0, 0.05) is 31.2 Å². The number of hydrogen-bond acceptors (Lipinski definition) is 4. The highest BCUT2D eigenvalue weighted by molar-refractivity contribution is 7.90. The maximum absolute atomic E-state index is 12.9. The molecule has 3 N–H and O–H groups in total. The van der Waals surface area contributed by atoms with Crippen LogP contribution in [0.4, 0.5) is 24.5 Å². The Hall–Kier alpha value is -2.82. The molecule has 7 nitrogen and oxygen atoms in total. The standard InChI is InChI=1S/C17H18F3N5O2S/c18-17(19,20)12-4-3-5-13(10-12)23-14-6-7-22-11-15(14)28(26,27)24-16(21)25-8-1-2-9-25/h3-7,10-11H,1-2,8-9H2,(H2,21,24)(H,22,23). The van der Waals surface area contributed by atoms with Crippen LogP contribution in [0.3, 0.4) is 0 Å². The van der Waals surface area contributed by atoms with Gasteiger partial charge in [0.15, 0.2) is 0 Å². The third kappa shape index (κ3) is 4.53. The van der Waals surface area contributed by atoms with Crippen molar-refractivity contribution in [1.29, 1.82) is 0 Å². The highest BCUT2D eigenvalue weighted by Gasteiger charge is 2.30. The number of rotatable bonds is 4. The van der Waals surface area contributed by atoms with Gasteiger partial charge in [-0.3, -0.25) is 4.98 Å². The molecule has 0 bridgehead atoms. The van der Waals surface area contributed by atoms with Gasteiger partial charge in [-0.1, -0.05) is 6.07 Å². The predicted molar refractivity (Wildman–Crippen MR) is 98.6 cm³/mol. The van der Waals surface area contributed by atoms with Crippen LogP contribution in [0.1, 0.15) is 18.4 Å². The van der Waals surface area contributed by atoms with Crippen molar-refractivity contribution < 1.29 is 21.6 Å². The summed E-state index contributed by atoms with van der Waals surface area (Å²) in [6, 6.07) is 5.78. The molecule has 28 heavy (non-hydrogen) atoms. The number of benzene rings is 1. The highest BCUT2D eigenvalue weighted by atomic mass is 32.2. The van der Waals surface area contributed by atoms with Crippen molar-refractivity contribution in [3.63, 3.8) is 0 Å². The van der Waals surface area contributed by atoms with Gasteiger partial charge in [0.2, 0.25) is 5.96 Å². The molecule has 0 aliphatic carbocycles. The number of likely N-dealkylation sites (tertiary alicyclic amines) is 1. The van der Waals surface area contributed by atoms with Crippen molar-refractivity contribution in [2.75, 3.05) is 18.4 Å². The lowest BCUT2D eigenvalue weighted by atomic mass is 10.2. The molecule has 1 saturated heterocycles. The third-order valence-corrected chi connectivity index (χ3v) is 5.48. The lowest BCUT2D eigenvalue weighted by molar-refractivity contribution is -0.137. The summed E-state index contributed by atoms with van der Waals surface area (Å²) in [6.07, 6.45) is -0.328. The van der Waals surface area contributed by atoms with E-state index in [4.69, 9.17) is 5.73 Å². The van der Waals surface area contributed by atoms with E-state index < -0.39 is 21.8 Å². The monoisotopic (exact) mass is 413 g/mol. The molecule has 0 saturated carbocycles. The van der Waals surface area contributed by atoms with Crippen molar-refractivity contribution >= 4 is 27.4 Å². The quantitative estimate of drug-likeness (QED) is 0.591. The number of pyridine rings is 1. The van der Waals surface area contributed by atoms with E-state index in [-0.39, 0.29) is 22.2 Å². The Balaban J connectivity index is 1.92. The van der Waals surface area contributed by atoms with Crippen LogP contribution in [0, 0.1) is 0 Å². The van der Waals surface area contributed by atoms with Crippen molar-refractivity contribution in [2.45, 2.75) is 23.9 Å². The van der Waals surface area contributed by atoms with E-state index in [9.17, 15) is 21.6 Å². The summed E-state index contributed by atoms with van der Waals surface area (Å²) in [5, 5.41) is 2.69. The molecule has 0 atom stereocenters. The van der Waals surface area contributed by atoms with Crippen LogP contribution in [0.15, 0.2) is 52.0 Å². The summed E-state index contributed by atoms with van der Waals surface area (Å²) in [4.78, 5) is 5.17. The molecule has 0 amide bonds. The SMILES string of the molecule is N/C(=N\S(=O)(=O)c1cnccc1Nc1cccc(C(F)(F)F)c1)N1CCCC1. The Kier molecular flexibility index (Phi) is 5.45. The van der Waals surface area contributed by atoms with Gasteiger partial charge in [-0.15, -0.1) is 4.40 Å². The predicted octanol–water partition coefficient (Wildman–Crippen LogP) is 2.94. The molecule has 11 heteroatoms. The number of anilines is 2. The van der Waals surface area contributed by atoms with Gasteiger partial charge >= 0.3 is 6.18 Å². The molecule has 150 valence electrons. The average Bonchev–Trinajstić information content (AvgIpc) is 3.16. The molecule has 1 aromatic heterocycles. The normalized spacial score (nSPS) is 15.7. The van der Waals surface area contributed by atoms with Gasteiger partial charge in [0.25, 0.3) is 10.0 Å². The maximum Gasteiger partial charge on any atom is 0.416 e. The molecule has 1 aliphatic rings. The van der Waals surface area contributed by atoms with Crippen LogP contribution in [0.25, 0.3) is 0 Å². The van der Waals surface area contributed by atoms with Gasteiger partial charge in [-0.2, -0.15) is 21.6 Å². The largest absolute Gasteiger partial charge is 0.416 e. The number of nitrogens with zero attached hydrogens (tertiary/aromatic N) is 3. The van der Waals surface area contributed by atoms with Gasteiger partial charge < -0.3 is 16.0 Å². The fourth-order valence-electron chi connectivity index (χ4n) is 2.79. The van der Waals surface area contributed by atoms with Crippen LogP contribution in [-0.4, -0.2) is 37.4 Å². The molecule has 0 unspecified atom stereocenters. The Bertz CT molecular complexity index is 986. The first kappa shape index (κ1) is 19.9. The summed E-state index contributed by atoms with van der Waals surface area (Å²) >= 11 is 0. The minimum atomic E-state index is -4.51. The molecule has 1 fully saturated rings. The minimum Gasteiger partial charge on any atom is -0.369 e. The molecular formula is C17H18F3N5O2S. The van der Waals surface area contributed by atoms with Crippen LogP contribution in [0.2, 0.25) is 0 Å². The van der Waals surface area contributed by atoms with Crippen LogP contribution >= 0.6 is 0 Å². The van der Waals surface area contributed by atoms with E-state index in [2.05, 4.69) is 14.7 Å². The Labute approximate surface area is 160 Å². The Morgan fingerprint density at radius 3 is 2.61 bits per heavy atom. The molecular weight excluding hydrogens is 395 g/mol. The zero-order chi connectivity index (χ0) is 20.4. The zero-order valence-corrected chi connectivity index (χ0v) is 15.5. The molecule has 1 aliphatic heterocycles. The van der Waals surface area contributed by atoms with E-state index in [0.29, 0.717) is 13.1 Å².